The lowest BCUT2D eigenvalue weighted by Crippen LogP contribution is -2.00. The number of nitriles is 1. The van der Waals surface area contributed by atoms with Crippen LogP contribution in [0.25, 0.3) is 0 Å². The number of hydrogen-bond donors (Lipinski definition) is 1. The predicted molar refractivity (Wildman–Crippen MR) is 61.9 cm³/mol. The van der Waals surface area contributed by atoms with Crippen LogP contribution in [0.5, 0.6) is 0 Å². The first-order valence-electron chi connectivity index (χ1n) is 5.33. The third-order valence-corrected chi connectivity index (χ3v) is 2.64. The molecule has 0 bridgehead atoms. The maximum atomic E-state index is 9.17. The number of H-pyrrole nitrogens is 1. The fraction of sp³-hybridized carbons (Fsp3) is 0.231. The Labute approximate surface area is 94.8 Å². The van der Waals surface area contributed by atoms with Gasteiger partial charge in [0.1, 0.15) is 11.7 Å². The van der Waals surface area contributed by atoms with Crippen LogP contribution in [0.2, 0.25) is 0 Å². The van der Waals surface area contributed by atoms with Crippen LogP contribution >= 0.6 is 0 Å². The number of aromatic amines is 1. The normalized spacial score (nSPS) is 12.0. The zero-order valence-corrected chi connectivity index (χ0v) is 9.14. The highest BCUT2D eigenvalue weighted by molar-refractivity contribution is 5.33. The molecule has 1 heterocycles. The van der Waals surface area contributed by atoms with E-state index in [2.05, 4.69) is 35.1 Å². The number of nitrogens with zero attached hydrogens (tertiary/aromatic N) is 2. The molecule has 0 spiro atoms. The zero-order chi connectivity index (χ0) is 11.4. The molecule has 1 N–H and O–H groups in total. The highest BCUT2D eigenvalue weighted by Gasteiger charge is 2.14. The van der Waals surface area contributed by atoms with Gasteiger partial charge in [-0.25, -0.2) is 4.98 Å². The standard InChI is InChI=1S/C13H13N3/c1-2-10-3-5-11(6-4-10)12(9-14)13-15-7-8-16-13/h3-8,12H,2H2,1H3,(H,15,16). The average Bonchev–Trinajstić information content (AvgIpc) is 2.85. The van der Waals surface area contributed by atoms with Crippen LogP contribution < -0.4 is 0 Å². The van der Waals surface area contributed by atoms with Crippen molar-refractivity contribution in [3.8, 4) is 6.07 Å². The first-order chi connectivity index (χ1) is 7.85. The third kappa shape index (κ3) is 1.96. The molecule has 80 valence electrons. The second-order valence-electron chi connectivity index (χ2n) is 3.63. The number of benzene rings is 1. The largest absolute Gasteiger partial charge is 0.347 e. The molecule has 16 heavy (non-hydrogen) atoms. The summed E-state index contributed by atoms with van der Waals surface area (Å²) in [6.07, 6.45) is 4.42. The van der Waals surface area contributed by atoms with Gasteiger partial charge in [0.25, 0.3) is 0 Å². The van der Waals surface area contributed by atoms with E-state index in [1.807, 2.05) is 12.1 Å². The molecular weight excluding hydrogens is 198 g/mol. The molecular formula is C13H13N3. The molecule has 0 aliphatic carbocycles. The number of aryl methyl sites for hydroxylation is 1. The predicted octanol–water partition coefficient (Wildman–Crippen LogP) is 2.63. The Morgan fingerprint density at radius 3 is 2.62 bits per heavy atom. The minimum Gasteiger partial charge on any atom is -0.347 e. The molecule has 1 aromatic carbocycles. The van der Waals surface area contributed by atoms with E-state index in [-0.39, 0.29) is 5.92 Å². The van der Waals surface area contributed by atoms with Crippen LogP contribution in [0.15, 0.2) is 36.7 Å². The molecule has 0 amide bonds. The SMILES string of the molecule is CCc1ccc(C(C#N)c2ncc[nH]2)cc1. The minimum atomic E-state index is -0.305. The maximum Gasteiger partial charge on any atom is 0.129 e. The summed E-state index contributed by atoms with van der Waals surface area (Å²) in [7, 11) is 0. The van der Waals surface area contributed by atoms with E-state index in [1.54, 1.807) is 12.4 Å². The van der Waals surface area contributed by atoms with Gasteiger partial charge in [-0.3, -0.25) is 0 Å². The average molecular weight is 211 g/mol. The first kappa shape index (κ1) is 10.4. The van der Waals surface area contributed by atoms with Crippen molar-refractivity contribution in [2.24, 2.45) is 0 Å². The van der Waals surface area contributed by atoms with E-state index in [0.717, 1.165) is 12.0 Å². The molecule has 0 saturated heterocycles. The van der Waals surface area contributed by atoms with Gasteiger partial charge in [0, 0.05) is 12.4 Å². The number of rotatable bonds is 3. The third-order valence-electron chi connectivity index (χ3n) is 2.64. The maximum absolute atomic E-state index is 9.17. The molecule has 0 aliphatic rings. The fourth-order valence-electron chi connectivity index (χ4n) is 1.67. The molecule has 1 unspecified atom stereocenters. The second-order valence-corrected chi connectivity index (χ2v) is 3.63. The van der Waals surface area contributed by atoms with Crippen molar-refractivity contribution in [2.75, 3.05) is 0 Å². The van der Waals surface area contributed by atoms with Crippen LogP contribution in [0.1, 0.15) is 29.8 Å². The molecule has 3 nitrogen and oxygen atoms in total. The highest BCUT2D eigenvalue weighted by atomic mass is 14.9. The smallest absolute Gasteiger partial charge is 0.129 e. The van der Waals surface area contributed by atoms with Gasteiger partial charge in [0.05, 0.1) is 6.07 Å². The Hall–Kier alpha value is -2.08. The van der Waals surface area contributed by atoms with Gasteiger partial charge in [-0.05, 0) is 17.5 Å². The summed E-state index contributed by atoms with van der Waals surface area (Å²) in [5.41, 5.74) is 2.26. The summed E-state index contributed by atoms with van der Waals surface area (Å²) in [5.74, 6) is 0.396. The zero-order valence-electron chi connectivity index (χ0n) is 9.14. The summed E-state index contributed by atoms with van der Waals surface area (Å²) in [4.78, 5) is 7.11. The number of aromatic nitrogens is 2. The van der Waals surface area contributed by atoms with Gasteiger partial charge in [-0.2, -0.15) is 5.26 Å². The van der Waals surface area contributed by atoms with E-state index >= 15 is 0 Å². The quantitative estimate of drug-likeness (QED) is 0.848. The van der Waals surface area contributed by atoms with Crippen LogP contribution in [0.4, 0.5) is 0 Å². The monoisotopic (exact) mass is 211 g/mol. The number of hydrogen-bond acceptors (Lipinski definition) is 2. The van der Waals surface area contributed by atoms with Gasteiger partial charge in [-0.1, -0.05) is 31.2 Å². The Bertz CT molecular complexity index is 477. The molecule has 2 aromatic rings. The van der Waals surface area contributed by atoms with E-state index in [0.29, 0.717) is 5.82 Å². The summed E-state index contributed by atoms with van der Waals surface area (Å²) >= 11 is 0. The lowest BCUT2D eigenvalue weighted by Gasteiger charge is -2.07. The molecule has 1 atom stereocenters. The van der Waals surface area contributed by atoms with Crippen molar-refractivity contribution in [3.63, 3.8) is 0 Å². The Balaban J connectivity index is 2.31. The van der Waals surface area contributed by atoms with Gasteiger partial charge in [-0.15, -0.1) is 0 Å². The Morgan fingerprint density at radius 2 is 2.12 bits per heavy atom. The van der Waals surface area contributed by atoms with Gasteiger partial charge in [0.2, 0.25) is 0 Å². The lowest BCUT2D eigenvalue weighted by atomic mass is 9.98. The van der Waals surface area contributed by atoms with Crippen molar-refractivity contribution in [2.45, 2.75) is 19.3 Å². The van der Waals surface area contributed by atoms with E-state index in [4.69, 9.17) is 5.26 Å². The highest BCUT2D eigenvalue weighted by Crippen LogP contribution is 2.21. The molecule has 0 fully saturated rings. The topological polar surface area (TPSA) is 52.5 Å². The van der Waals surface area contributed by atoms with Crippen molar-refractivity contribution in [3.05, 3.63) is 53.6 Å². The van der Waals surface area contributed by atoms with Gasteiger partial charge in [0.15, 0.2) is 0 Å². The molecule has 0 saturated carbocycles. The molecule has 1 aromatic heterocycles. The minimum absolute atomic E-state index is 0.305. The van der Waals surface area contributed by atoms with E-state index < -0.39 is 0 Å². The first-order valence-corrected chi connectivity index (χ1v) is 5.33. The second kappa shape index (κ2) is 4.63. The van der Waals surface area contributed by atoms with Crippen molar-refractivity contribution in [1.82, 2.24) is 9.97 Å². The molecule has 3 heteroatoms. The Morgan fingerprint density at radius 1 is 1.38 bits per heavy atom. The van der Waals surface area contributed by atoms with Crippen LogP contribution in [0, 0.1) is 11.3 Å². The van der Waals surface area contributed by atoms with Gasteiger partial charge < -0.3 is 4.98 Å². The fourth-order valence-corrected chi connectivity index (χ4v) is 1.67. The van der Waals surface area contributed by atoms with Crippen molar-refractivity contribution >= 4 is 0 Å². The summed E-state index contributed by atoms with van der Waals surface area (Å²) in [6, 6.07) is 10.4. The summed E-state index contributed by atoms with van der Waals surface area (Å²) in [5, 5.41) is 9.17. The molecule has 2 rings (SSSR count). The Kier molecular flexibility index (Phi) is 3.02. The molecule has 0 radical (unpaired) electrons. The van der Waals surface area contributed by atoms with Crippen LogP contribution in [-0.2, 0) is 6.42 Å². The number of nitrogens with one attached hydrogen (secondary N) is 1. The molecule has 0 aliphatic heterocycles. The number of imidazole rings is 1. The van der Waals surface area contributed by atoms with Crippen LogP contribution in [-0.4, -0.2) is 9.97 Å². The van der Waals surface area contributed by atoms with Crippen molar-refractivity contribution < 1.29 is 0 Å². The van der Waals surface area contributed by atoms with E-state index in [9.17, 15) is 0 Å². The lowest BCUT2D eigenvalue weighted by molar-refractivity contribution is 0.925. The van der Waals surface area contributed by atoms with Crippen LogP contribution in [0.3, 0.4) is 0 Å². The summed E-state index contributed by atoms with van der Waals surface area (Å²) < 4.78 is 0. The summed E-state index contributed by atoms with van der Waals surface area (Å²) in [6.45, 7) is 2.11. The van der Waals surface area contributed by atoms with Gasteiger partial charge >= 0.3 is 0 Å². The van der Waals surface area contributed by atoms with E-state index in [1.165, 1.54) is 5.56 Å². The van der Waals surface area contributed by atoms with Crippen molar-refractivity contribution in [1.29, 1.82) is 5.26 Å².